The summed E-state index contributed by atoms with van der Waals surface area (Å²) in [5.74, 6) is -0.146. The van der Waals surface area contributed by atoms with Crippen LogP contribution in [0.4, 0.5) is 0 Å². The summed E-state index contributed by atoms with van der Waals surface area (Å²) in [6, 6.07) is 0. The molecule has 0 radical (unpaired) electrons. The zero-order valence-corrected chi connectivity index (χ0v) is 11.0. The summed E-state index contributed by atoms with van der Waals surface area (Å²) < 4.78 is 5.22. The maximum atomic E-state index is 12.2. The Morgan fingerprint density at radius 3 is 2.61 bits per heavy atom. The minimum Gasteiger partial charge on any atom is -0.381 e. The fraction of sp³-hybridized carbons (Fsp3) is 0.846. The Balaban J connectivity index is 2.01. The standard InChI is InChI=1S/C13H22N2O3/c1-2-14-12(17)13(6-3-4-7-13)15-11(16)10-5-8-18-9-10/h10H,2-9H2,1H3,(H,14,17)(H,15,16). The third-order valence-electron chi connectivity index (χ3n) is 3.89. The van der Waals surface area contributed by atoms with E-state index in [1.54, 1.807) is 0 Å². The third-order valence-corrected chi connectivity index (χ3v) is 3.89. The van der Waals surface area contributed by atoms with Gasteiger partial charge in [-0.05, 0) is 26.2 Å². The van der Waals surface area contributed by atoms with E-state index >= 15 is 0 Å². The van der Waals surface area contributed by atoms with E-state index < -0.39 is 5.54 Å². The highest BCUT2D eigenvalue weighted by molar-refractivity contribution is 5.92. The molecule has 1 unspecified atom stereocenters. The Labute approximate surface area is 108 Å². The average molecular weight is 254 g/mol. The normalized spacial score (nSPS) is 25.9. The Bertz CT molecular complexity index is 318. The smallest absolute Gasteiger partial charge is 0.245 e. The average Bonchev–Trinajstić information content (AvgIpc) is 3.00. The number of amides is 2. The van der Waals surface area contributed by atoms with E-state index in [4.69, 9.17) is 4.74 Å². The van der Waals surface area contributed by atoms with Gasteiger partial charge in [0.2, 0.25) is 11.8 Å². The molecule has 1 aliphatic carbocycles. The molecule has 1 atom stereocenters. The molecular formula is C13H22N2O3. The highest BCUT2D eigenvalue weighted by atomic mass is 16.5. The Morgan fingerprint density at radius 1 is 1.33 bits per heavy atom. The quantitative estimate of drug-likeness (QED) is 0.771. The number of nitrogens with one attached hydrogen (secondary N) is 2. The third kappa shape index (κ3) is 2.66. The van der Waals surface area contributed by atoms with Gasteiger partial charge < -0.3 is 15.4 Å². The molecule has 18 heavy (non-hydrogen) atoms. The Morgan fingerprint density at radius 2 is 2.06 bits per heavy atom. The predicted octanol–water partition coefficient (Wildman–Crippen LogP) is 0.588. The summed E-state index contributed by atoms with van der Waals surface area (Å²) in [4.78, 5) is 24.3. The van der Waals surface area contributed by atoms with Crippen molar-refractivity contribution < 1.29 is 14.3 Å². The van der Waals surface area contributed by atoms with Crippen molar-refractivity contribution in [2.45, 2.75) is 44.6 Å². The highest BCUT2D eigenvalue weighted by Crippen LogP contribution is 2.30. The molecule has 2 rings (SSSR count). The first-order valence-electron chi connectivity index (χ1n) is 6.86. The van der Waals surface area contributed by atoms with Crippen LogP contribution in [0.3, 0.4) is 0 Å². The first-order chi connectivity index (χ1) is 8.68. The largest absolute Gasteiger partial charge is 0.381 e. The fourth-order valence-corrected chi connectivity index (χ4v) is 2.80. The van der Waals surface area contributed by atoms with Gasteiger partial charge in [-0.25, -0.2) is 0 Å². The molecule has 2 aliphatic rings. The fourth-order valence-electron chi connectivity index (χ4n) is 2.80. The van der Waals surface area contributed by atoms with E-state index in [2.05, 4.69) is 10.6 Å². The van der Waals surface area contributed by atoms with Gasteiger partial charge >= 0.3 is 0 Å². The molecule has 5 nitrogen and oxygen atoms in total. The Kier molecular flexibility index (Phi) is 4.22. The first-order valence-corrected chi connectivity index (χ1v) is 6.86. The van der Waals surface area contributed by atoms with E-state index in [0.717, 1.165) is 32.1 Å². The number of carbonyl (C=O) groups excluding carboxylic acids is 2. The van der Waals surface area contributed by atoms with Crippen LogP contribution in [0.25, 0.3) is 0 Å². The van der Waals surface area contributed by atoms with Gasteiger partial charge in [0.25, 0.3) is 0 Å². The van der Waals surface area contributed by atoms with E-state index in [0.29, 0.717) is 19.8 Å². The molecule has 2 fully saturated rings. The predicted molar refractivity (Wildman–Crippen MR) is 67.0 cm³/mol. The van der Waals surface area contributed by atoms with E-state index in [-0.39, 0.29) is 17.7 Å². The van der Waals surface area contributed by atoms with Crippen LogP contribution < -0.4 is 10.6 Å². The molecule has 0 aromatic carbocycles. The van der Waals surface area contributed by atoms with Crippen LogP contribution in [0.15, 0.2) is 0 Å². The van der Waals surface area contributed by atoms with Gasteiger partial charge in [0.1, 0.15) is 5.54 Å². The Hall–Kier alpha value is -1.10. The monoisotopic (exact) mass is 254 g/mol. The van der Waals surface area contributed by atoms with Gasteiger partial charge in [0.15, 0.2) is 0 Å². The molecular weight excluding hydrogens is 232 g/mol. The highest BCUT2D eigenvalue weighted by Gasteiger charge is 2.43. The number of rotatable bonds is 4. The maximum absolute atomic E-state index is 12.2. The second-order valence-corrected chi connectivity index (χ2v) is 5.20. The molecule has 1 saturated carbocycles. The second kappa shape index (κ2) is 5.69. The second-order valence-electron chi connectivity index (χ2n) is 5.20. The summed E-state index contributed by atoms with van der Waals surface area (Å²) in [7, 11) is 0. The molecule has 0 bridgehead atoms. The number of hydrogen-bond donors (Lipinski definition) is 2. The van der Waals surface area contributed by atoms with Gasteiger partial charge in [-0.1, -0.05) is 12.8 Å². The molecule has 0 aromatic heterocycles. The minimum atomic E-state index is -0.671. The van der Waals surface area contributed by atoms with E-state index in [9.17, 15) is 9.59 Å². The molecule has 5 heteroatoms. The van der Waals surface area contributed by atoms with Crippen molar-refractivity contribution in [2.24, 2.45) is 5.92 Å². The molecule has 2 N–H and O–H groups in total. The van der Waals surface area contributed by atoms with Crippen molar-refractivity contribution >= 4 is 11.8 Å². The van der Waals surface area contributed by atoms with Crippen LogP contribution in [0.5, 0.6) is 0 Å². The van der Waals surface area contributed by atoms with Gasteiger partial charge in [-0.15, -0.1) is 0 Å². The van der Waals surface area contributed by atoms with Crippen molar-refractivity contribution in [1.29, 1.82) is 0 Å². The zero-order chi connectivity index (χ0) is 13.0. The van der Waals surface area contributed by atoms with Crippen molar-refractivity contribution in [2.75, 3.05) is 19.8 Å². The van der Waals surface area contributed by atoms with Gasteiger partial charge in [-0.3, -0.25) is 9.59 Å². The summed E-state index contributed by atoms with van der Waals surface area (Å²) in [6.07, 6.45) is 4.25. The first kappa shape index (κ1) is 13.3. The molecule has 1 heterocycles. The summed E-state index contributed by atoms with van der Waals surface area (Å²) >= 11 is 0. The molecule has 1 aliphatic heterocycles. The molecule has 1 saturated heterocycles. The van der Waals surface area contributed by atoms with Crippen LogP contribution in [0.2, 0.25) is 0 Å². The van der Waals surface area contributed by atoms with Crippen LogP contribution in [-0.2, 0) is 14.3 Å². The van der Waals surface area contributed by atoms with E-state index in [1.165, 1.54) is 0 Å². The summed E-state index contributed by atoms with van der Waals surface area (Å²) in [6.45, 7) is 3.62. The number of ether oxygens (including phenoxy) is 1. The van der Waals surface area contributed by atoms with Crippen molar-refractivity contribution in [1.82, 2.24) is 10.6 Å². The maximum Gasteiger partial charge on any atom is 0.245 e. The van der Waals surface area contributed by atoms with Crippen molar-refractivity contribution in [3.63, 3.8) is 0 Å². The summed E-state index contributed by atoms with van der Waals surface area (Å²) in [5, 5.41) is 5.83. The van der Waals surface area contributed by atoms with Crippen LogP contribution in [0.1, 0.15) is 39.0 Å². The van der Waals surface area contributed by atoms with E-state index in [1.807, 2.05) is 6.92 Å². The van der Waals surface area contributed by atoms with Gasteiger partial charge in [0.05, 0.1) is 12.5 Å². The lowest BCUT2D eigenvalue weighted by molar-refractivity contribution is -0.135. The van der Waals surface area contributed by atoms with Crippen molar-refractivity contribution in [3.8, 4) is 0 Å². The van der Waals surface area contributed by atoms with Crippen LogP contribution in [0, 0.1) is 5.92 Å². The molecule has 0 spiro atoms. The summed E-state index contributed by atoms with van der Waals surface area (Å²) in [5.41, 5.74) is -0.671. The number of hydrogen-bond acceptors (Lipinski definition) is 3. The zero-order valence-electron chi connectivity index (χ0n) is 11.0. The molecule has 2 amide bonds. The number of likely N-dealkylation sites (N-methyl/N-ethyl adjacent to an activating group) is 1. The lowest BCUT2D eigenvalue weighted by Crippen LogP contribution is -2.58. The van der Waals surface area contributed by atoms with Gasteiger partial charge in [0, 0.05) is 13.2 Å². The topological polar surface area (TPSA) is 67.4 Å². The SMILES string of the molecule is CCNC(=O)C1(NC(=O)C2CCOC2)CCCC1. The van der Waals surface area contributed by atoms with Crippen LogP contribution in [-0.4, -0.2) is 37.1 Å². The molecule has 102 valence electrons. The minimum absolute atomic E-state index is 0.0272. The van der Waals surface area contributed by atoms with Crippen LogP contribution >= 0.6 is 0 Å². The lowest BCUT2D eigenvalue weighted by Gasteiger charge is -2.29. The van der Waals surface area contributed by atoms with Crippen molar-refractivity contribution in [3.05, 3.63) is 0 Å². The number of carbonyl (C=O) groups is 2. The molecule has 0 aromatic rings. The lowest BCUT2D eigenvalue weighted by atomic mass is 9.94. The van der Waals surface area contributed by atoms with Gasteiger partial charge in [-0.2, -0.15) is 0 Å².